The van der Waals surface area contributed by atoms with Crippen molar-refractivity contribution < 1.29 is 31.5 Å². The molecule has 0 aliphatic carbocycles. The summed E-state index contributed by atoms with van der Waals surface area (Å²) in [5, 5.41) is 7.71. The van der Waals surface area contributed by atoms with Crippen LogP contribution in [0.3, 0.4) is 0 Å². The molecule has 170 valence electrons. The van der Waals surface area contributed by atoms with Gasteiger partial charge < -0.3 is 9.64 Å². The fraction of sp³-hybridized carbons (Fsp3) is 0.316. The van der Waals surface area contributed by atoms with Crippen LogP contribution in [0, 0.1) is 11.6 Å². The quantitative estimate of drug-likeness (QED) is 0.508. The van der Waals surface area contributed by atoms with Gasteiger partial charge in [0, 0.05) is 12.6 Å². The van der Waals surface area contributed by atoms with Gasteiger partial charge in [0.1, 0.15) is 12.3 Å². The van der Waals surface area contributed by atoms with Gasteiger partial charge in [-0.15, -0.1) is 0 Å². The van der Waals surface area contributed by atoms with Crippen molar-refractivity contribution in [2.75, 3.05) is 13.2 Å². The molecule has 13 heteroatoms. The Kier molecular flexibility index (Phi) is 6.65. The number of carbonyl (C=O) groups is 1. The Morgan fingerprint density at radius 3 is 2.34 bits per heavy atom. The number of hydrogen-bond donors (Lipinski definition) is 0. The molecule has 3 rings (SSSR count). The summed E-state index contributed by atoms with van der Waals surface area (Å²) in [6, 6.07) is 0.965. The van der Waals surface area contributed by atoms with Crippen molar-refractivity contribution in [3.8, 4) is 11.6 Å². The summed E-state index contributed by atoms with van der Waals surface area (Å²) in [5.74, 6) is -3.20. The molecule has 2 aromatic heterocycles. The lowest BCUT2D eigenvalue weighted by atomic mass is 10.1. The van der Waals surface area contributed by atoms with E-state index in [4.69, 9.17) is 4.74 Å². The number of carbonyl (C=O) groups excluding carboxylic acids is 1. The molecule has 0 radical (unpaired) electrons. The van der Waals surface area contributed by atoms with Gasteiger partial charge in [-0.2, -0.15) is 28.2 Å². The number of amides is 1. The molecule has 3 aromatic rings. The van der Waals surface area contributed by atoms with Crippen molar-refractivity contribution in [3.05, 3.63) is 59.8 Å². The maximum atomic E-state index is 13.9. The molecule has 1 aromatic carbocycles. The third kappa shape index (κ3) is 4.98. The summed E-state index contributed by atoms with van der Waals surface area (Å²) >= 11 is 0. The third-order valence-corrected chi connectivity index (χ3v) is 4.43. The molecule has 0 N–H and O–H groups in total. The molecule has 0 saturated heterocycles. The van der Waals surface area contributed by atoms with Crippen molar-refractivity contribution in [1.29, 1.82) is 0 Å². The van der Waals surface area contributed by atoms with Gasteiger partial charge in [0.15, 0.2) is 17.3 Å². The number of alkyl halides is 3. The van der Waals surface area contributed by atoms with Gasteiger partial charge >= 0.3 is 6.18 Å². The van der Waals surface area contributed by atoms with E-state index < -0.39 is 35.5 Å². The highest BCUT2D eigenvalue weighted by Crippen LogP contribution is 2.27. The molecule has 0 bridgehead atoms. The lowest BCUT2D eigenvalue weighted by Crippen LogP contribution is -2.42. The third-order valence-electron chi connectivity index (χ3n) is 4.43. The number of ether oxygens (including phenoxy) is 1. The standard InChI is InChI=1S/C19H17F5N6O2/c1-3-29(11(2)10-32-17-9-25-16(8-26-17)19(22,23)24)18(31)12-6-13(20)14(21)7-15(12)30-27-4-5-28-30/h4-9,11H,3,10H2,1-2H3. The fourth-order valence-corrected chi connectivity index (χ4v) is 2.86. The maximum Gasteiger partial charge on any atom is 0.434 e. The van der Waals surface area contributed by atoms with Crippen molar-refractivity contribution >= 4 is 5.91 Å². The average Bonchev–Trinajstić information content (AvgIpc) is 3.28. The van der Waals surface area contributed by atoms with E-state index in [1.807, 2.05) is 0 Å². The van der Waals surface area contributed by atoms with Crippen molar-refractivity contribution in [3.63, 3.8) is 0 Å². The largest absolute Gasteiger partial charge is 0.474 e. The summed E-state index contributed by atoms with van der Waals surface area (Å²) in [6.07, 6.45) is -0.642. The van der Waals surface area contributed by atoms with Gasteiger partial charge in [0.2, 0.25) is 5.88 Å². The van der Waals surface area contributed by atoms with E-state index in [0.29, 0.717) is 6.20 Å². The minimum absolute atomic E-state index is 0.0564. The first-order chi connectivity index (χ1) is 15.1. The molecule has 1 amide bonds. The van der Waals surface area contributed by atoms with E-state index in [2.05, 4.69) is 20.2 Å². The van der Waals surface area contributed by atoms with E-state index in [-0.39, 0.29) is 30.3 Å². The molecule has 0 spiro atoms. The van der Waals surface area contributed by atoms with Crippen molar-refractivity contribution in [2.24, 2.45) is 0 Å². The monoisotopic (exact) mass is 456 g/mol. The maximum absolute atomic E-state index is 13.9. The lowest BCUT2D eigenvalue weighted by molar-refractivity contribution is -0.141. The van der Waals surface area contributed by atoms with Gasteiger partial charge in [-0.1, -0.05) is 0 Å². The first-order valence-corrected chi connectivity index (χ1v) is 9.30. The second-order valence-electron chi connectivity index (χ2n) is 6.59. The zero-order valence-corrected chi connectivity index (χ0v) is 16.8. The van der Waals surface area contributed by atoms with Crippen molar-refractivity contribution in [2.45, 2.75) is 26.1 Å². The van der Waals surface area contributed by atoms with Crippen LogP contribution in [0.4, 0.5) is 22.0 Å². The number of aromatic nitrogens is 5. The van der Waals surface area contributed by atoms with E-state index in [1.165, 1.54) is 17.3 Å². The molecule has 2 heterocycles. The Bertz CT molecular complexity index is 1070. The van der Waals surface area contributed by atoms with Crippen LogP contribution in [0.15, 0.2) is 36.9 Å². The lowest BCUT2D eigenvalue weighted by Gasteiger charge is -2.28. The zero-order chi connectivity index (χ0) is 23.5. The number of benzene rings is 1. The van der Waals surface area contributed by atoms with Gasteiger partial charge in [-0.25, -0.2) is 18.7 Å². The van der Waals surface area contributed by atoms with E-state index in [0.717, 1.165) is 23.1 Å². The van der Waals surface area contributed by atoms with Crippen LogP contribution in [0.2, 0.25) is 0 Å². The molecule has 8 nitrogen and oxygen atoms in total. The molecular formula is C19H17F5N6O2. The zero-order valence-electron chi connectivity index (χ0n) is 16.8. The normalized spacial score (nSPS) is 12.5. The Labute approximate surface area is 178 Å². The highest BCUT2D eigenvalue weighted by Gasteiger charge is 2.33. The number of likely N-dealkylation sites (N-methyl/N-ethyl adjacent to an activating group) is 1. The summed E-state index contributed by atoms with van der Waals surface area (Å²) < 4.78 is 70.8. The van der Waals surface area contributed by atoms with Gasteiger partial charge in [0.05, 0.1) is 36.4 Å². The molecule has 1 unspecified atom stereocenters. The van der Waals surface area contributed by atoms with Crippen LogP contribution in [-0.2, 0) is 6.18 Å². The fourth-order valence-electron chi connectivity index (χ4n) is 2.86. The first kappa shape index (κ1) is 23.0. The molecule has 32 heavy (non-hydrogen) atoms. The molecule has 0 saturated carbocycles. The van der Waals surface area contributed by atoms with Crippen LogP contribution in [-0.4, -0.2) is 55.0 Å². The van der Waals surface area contributed by atoms with E-state index in [9.17, 15) is 26.7 Å². The Balaban J connectivity index is 1.78. The Morgan fingerprint density at radius 2 is 1.78 bits per heavy atom. The van der Waals surface area contributed by atoms with Crippen LogP contribution in [0.1, 0.15) is 29.9 Å². The topological polar surface area (TPSA) is 86.0 Å². The Hall–Kier alpha value is -3.64. The number of rotatable bonds is 7. The minimum Gasteiger partial charge on any atom is -0.474 e. The number of halogens is 5. The highest BCUT2D eigenvalue weighted by atomic mass is 19.4. The molecule has 0 aliphatic rings. The summed E-state index contributed by atoms with van der Waals surface area (Å²) in [4.78, 5) is 22.2. The van der Waals surface area contributed by atoms with Crippen LogP contribution >= 0.6 is 0 Å². The number of nitrogens with zero attached hydrogens (tertiary/aromatic N) is 6. The second-order valence-corrected chi connectivity index (χ2v) is 6.59. The molecule has 0 fully saturated rings. The summed E-state index contributed by atoms with van der Waals surface area (Å²) in [5.41, 5.74) is -1.40. The first-order valence-electron chi connectivity index (χ1n) is 9.30. The highest BCUT2D eigenvalue weighted by molar-refractivity contribution is 5.98. The van der Waals surface area contributed by atoms with E-state index >= 15 is 0 Å². The van der Waals surface area contributed by atoms with Crippen LogP contribution < -0.4 is 4.74 Å². The van der Waals surface area contributed by atoms with Crippen molar-refractivity contribution in [1.82, 2.24) is 29.9 Å². The van der Waals surface area contributed by atoms with Gasteiger partial charge in [-0.05, 0) is 19.9 Å². The second kappa shape index (κ2) is 9.24. The number of hydrogen-bond acceptors (Lipinski definition) is 6. The summed E-state index contributed by atoms with van der Waals surface area (Å²) in [7, 11) is 0. The summed E-state index contributed by atoms with van der Waals surface area (Å²) in [6.45, 7) is 3.31. The van der Waals surface area contributed by atoms with Crippen LogP contribution in [0.25, 0.3) is 5.69 Å². The van der Waals surface area contributed by atoms with Gasteiger partial charge in [-0.3, -0.25) is 4.79 Å². The minimum atomic E-state index is -4.63. The SMILES string of the molecule is CCN(C(=O)c1cc(F)c(F)cc1-n1nccn1)C(C)COc1cnc(C(F)(F)F)cn1. The molecular weight excluding hydrogens is 439 g/mol. The molecule has 0 aliphatic heterocycles. The van der Waals surface area contributed by atoms with E-state index in [1.54, 1.807) is 13.8 Å². The molecule has 1 atom stereocenters. The Morgan fingerprint density at radius 1 is 1.12 bits per heavy atom. The smallest absolute Gasteiger partial charge is 0.434 e. The van der Waals surface area contributed by atoms with Gasteiger partial charge in [0.25, 0.3) is 5.91 Å². The predicted molar refractivity (Wildman–Crippen MR) is 100.0 cm³/mol. The predicted octanol–water partition coefficient (Wildman–Crippen LogP) is 3.28. The average molecular weight is 456 g/mol. The van der Waals surface area contributed by atoms with Crippen LogP contribution in [0.5, 0.6) is 5.88 Å².